The van der Waals surface area contributed by atoms with Gasteiger partial charge in [-0.15, -0.1) is 0 Å². The van der Waals surface area contributed by atoms with Crippen molar-refractivity contribution >= 4 is 11.2 Å². The maximum absolute atomic E-state index is 5.12. The second-order valence-corrected chi connectivity index (χ2v) is 8.15. The SMILES string of the molecule is CC.CC.CCCCc1ccn2c(-c3ccnc(C)n3)c(C3=CC=C(C)C4CC34)nc2c1. The van der Waals surface area contributed by atoms with E-state index >= 15 is 0 Å². The van der Waals surface area contributed by atoms with Gasteiger partial charge in [0.2, 0.25) is 0 Å². The lowest BCUT2D eigenvalue weighted by Gasteiger charge is -2.12. The van der Waals surface area contributed by atoms with Crippen LogP contribution in [0.15, 0.2) is 48.3 Å². The average molecular weight is 431 g/mol. The summed E-state index contributed by atoms with van der Waals surface area (Å²) in [6, 6.07) is 6.47. The third-order valence-corrected chi connectivity index (χ3v) is 6.10. The van der Waals surface area contributed by atoms with Gasteiger partial charge < -0.3 is 0 Å². The third-order valence-electron chi connectivity index (χ3n) is 6.10. The summed E-state index contributed by atoms with van der Waals surface area (Å²) < 4.78 is 2.20. The Morgan fingerprint density at radius 3 is 2.50 bits per heavy atom. The molecule has 3 heterocycles. The highest BCUT2D eigenvalue weighted by Crippen LogP contribution is 2.55. The molecule has 0 bridgehead atoms. The van der Waals surface area contributed by atoms with E-state index in [0.717, 1.165) is 35.0 Å². The zero-order chi connectivity index (χ0) is 23.3. The molecule has 0 aromatic carbocycles. The Balaban J connectivity index is 0.000000686. The van der Waals surface area contributed by atoms with Crippen LogP contribution in [0.1, 0.15) is 77.9 Å². The van der Waals surface area contributed by atoms with Crippen LogP contribution in [0.4, 0.5) is 0 Å². The van der Waals surface area contributed by atoms with Crippen molar-refractivity contribution in [1.82, 2.24) is 19.4 Å². The Hall–Kier alpha value is -2.75. The molecule has 0 amide bonds. The topological polar surface area (TPSA) is 43.1 Å². The molecular weight excluding hydrogens is 392 g/mol. The number of unbranched alkanes of at least 4 members (excludes halogenated alkanes) is 1. The van der Waals surface area contributed by atoms with Gasteiger partial charge in [0.25, 0.3) is 0 Å². The fourth-order valence-electron chi connectivity index (χ4n) is 4.42. The largest absolute Gasteiger partial charge is 0.298 e. The van der Waals surface area contributed by atoms with Crippen molar-refractivity contribution < 1.29 is 0 Å². The number of hydrogen-bond acceptors (Lipinski definition) is 3. The lowest BCUT2D eigenvalue weighted by Crippen LogP contribution is -2.00. The van der Waals surface area contributed by atoms with E-state index in [1.165, 1.54) is 36.0 Å². The molecule has 0 aliphatic heterocycles. The molecule has 0 N–H and O–H groups in total. The number of nitrogens with zero attached hydrogens (tertiary/aromatic N) is 4. The molecular formula is C28H38N4. The molecule has 0 saturated heterocycles. The highest BCUT2D eigenvalue weighted by Gasteiger charge is 2.44. The summed E-state index contributed by atoms with van der Waals surface area (Å²) in [5.41, 5.74) is 8.35. The van der Waals surface area contributed by atoms with E-state index < -0.39 is 0 Å². The first-order chi connectivity index (χ1) is 15.7. The third kappa shape index (κ3) is 4.69. The minimum Gasteiger partial charge on any atom is -0.298 e. The van der Waals surface area contributed by atoms with Crippen LogP contribution in [-0.4, -0.2) is 19.4 Å². The summed E-state index contributed by atoms with van der Waals surface area (Å²) in [5, 5.41) is 0. The van der Waals surface area contributed by atoms with E-state index in [-0.39, 0.29) is 0 Å². The molecule has 4 nitrogen and oxygen atoms in total. The van der Waals surface area contributed by atoms with Crippen molar-refractivity contribution in [2.45, 2.75) is 74.1 Å². The number of imidazole rings is 1. The van der Waals surface area contributed by atoms with Gasteiger partial charge in [-0.3, -0.25) is 4.40 Å². The predicted molar refractivity (Wildman–Crippen MR) is 136 cm³/mol. The summed E-state index contributed by atoms with van der Waals surface area (Å²) in [6.07, 6.45) is 13.3. The van der Waals surface area contributed by atoms with Gasteiger partial charge in [-0.25, -0.2) is 15.0 Å². The van der Waals surface area contributed by atoms with Crippen molar-refractivity contribution in [1.29, 1.82) is 0 Å². The summed E-state index contributed by atoms with van der Waals surface area (Å²) in [7, 11) is 0. The van der Waals surface area contributed by atoms with Gasteiger partial charge >= 0.3 is 0 Å². The van der Waals surface area contributed by atoms with Gasteiger partial charge in [0.05, 0.1) is 17.1 Å². The van der Waals surface area contributed by atoms with E-state index in [9.17, 15) is 0 Å². The van der Waals surface area contributed by atoms with Gasteiger partial charge in [-0.1, -0.05) is 58.8 Å². The van der Waals surface area contributed by atoms with Crippen molar-refractivity contribution in [3.63, 3.8) is 0 Å². The summed E-state index contributed by atoms with van der Waals surface area (Å²) in [6.45, 7) is 14.4. The van der Waals surface area contributed by atoms with Gasteiger partial charge in [-0.05, 0) is 74.3 Å². The summed E-state index contributed by atoms with van der Waals surface area (Å²) in [5.74, 6) is 2.09. The van der Waals surface area contributed by atoms with Crippen LogP contribution in [0, 0.1) is 18.8 Å². The normalized spacial score (nSPS) is 18.5. The number of pyridine rings is 1. The van der Waals surface area contributed by atoms with Gasteiger partial charge in [0.1, 0.15) is 11.5 Å². The maximum Gasteiger partial charge on any atom is 0.138 e. The molecule has 1 fully saturated rings. The first-order valence-electron chi connectivity index (χ1n) is 12.4. The summed E-state index contributed by atoms with van der Waals surface area (Å²) >= 11 is 0. The standard InChI is InChI=1S/C24H26N4.2C2H6/c1-4-5-6-17-10-12-28-22(13-17)27-23(18-8-7-15(2)19-14-20(18)19)24(28)21-9-11-25-16(3)26-21;2*1-2/h7-13,19-20H,4-6,14H2,1-3H3;2*1-2H3. The average Bonchev–Trinajstić information content (AvgIpc) is 3.55. The fraction of sp³-hybridized carbons (Fsp3) is 0.464. The van der Waals surface area contributed by atoms with Crippen LogP contribution in [0.5, 0.6) is 0 Å². The van der Waals surface area contributed by atoms with Gasteiger partial charge in [0.15, 0.2) is 0 Å². The van der Waals surface area contributed by atoms with E-state index in [1.54, 1.807) is 0 Å². The van der Waals surface area contributed by atoms with Gasteiger partial charge in [0, 0.05) is 12.4 Å². The Kier molecular flexibility index (Phi) is 8.00. The number of hydrogen-bond donors (Lipinski definition) is 0. The van der Waals surface area contributed by atoms with E-state index in [2.05, 4.69) is 53.7 Å². The maximum atomic E-state index is 5.12. The minimum atomic E-state index is 0.608. The number of allylic oxidation sites excluding steroid dienone is 4. The Labute approximate surface area is 193 Å². The van der Waals surface area contributed by atoms with E-state index in [1.807, 2.05) is 46.9 Å². The minimum absolute atomic E-state index is 0.608. The first-order valence-corrected chi connectivity index (χ1v) is 12.4. The molecule has 3 aromatic rings. The molecule has 2 atom stereocenters. The molecule has 2 aliphatic rings. The Bertz CT molecular complexity index is 1120. The van der Waals surface area contributed by atoms with Crippen molar-refractivity contribution in [2.24, 2.45) is 11.8 Å². The molecule has 0 radical (unpaired) electrons. The lowest BCUT2D eigenvalue weighted by molar-refractivity contribution is 0.794. The molecule has 3 aromatic heterocycles. The number of fused-ring (bicyclic) bond motifs is 2. The molecule has 2 aliphatic carbocycles. The van der Waals surface area contributed by atoms with Crippen LogP contribution in [-0.2, 0) is 6.42 Å². The Morgan fingerprint density at radius 1 is 1.00 bits per heavy atom. The number of aryl methyl sites for hydroxylation is 2. The molecule has 1 saturated carbocycles. The smallest absolute Gasteiger partial charge is 0.138 e. The molecule has 170 valence electrons. The molecule has 5 rings (SSSR count). The molecule has 2 unspecified atom stereocenters. The quantitative estimate of drug-likeness (QED) is 0.421. The molecule has 32 heavy (non-hydrogen) atoms. The zero-order valence-corrected chi connectivity index (χ0v) is 20.8. The predicted octanol–water partition coefficient (Wildman–Crippen LogP) is 7.47. The van der Waals surface area contributed by atoms with E-state index in [4.69, 9.17) is 9.97 Å². The van der Waals surface area contributed by atoms with Crippen molar-refractivity contribution in [3.05, 3.63) is 65.4 Å². The second kappa shape index (κ2) is 10.7. The number of aromatic nitrogens is 4. The van der Waals surface area contributed by atoms with Crippen LogP contribution < -0.4 is 0 Å². The molecule has 0 spiro atoms. The van der Waals surface area contributed by atoms with Crippen LogP contribution in [0.3, 0.4) is 0 Å². The fourth-order valence-corrected chi connectivity index (χ4v) is 4.42. The van der Waals surface area contributed by atoms with Crippen molar-refractivity contribution in [3.8, 4) is 11.4 Å². The Morgan fingerprint density at radius 2 is 1.78 bits per heavy atom. The van der Waals surface area contributed by atoms with Crippen LogP contribution in [0.2, 0.25) is 0 Å². The summed E-state index contributed by atoms with van der Waals surface area (Å²) in [4.78, 5) is 14.1. The highest BCUT2D eigenvalue weighted by atomic mass is 15.0. The van der Waals surface area contributed by atoms with Crippen molar-refractivity contribution in [2.75, 3.05) is 0 Å². The molecule has 4 heteroatoms. The monoisotopic (exact) mass is 430 g/mol. The zero-order valence-electron chi connectivity index (χ0n) is 20.8. The van der Waals surface area contributed by atoms with E-state index in [0.29, 0.717) is 11.8 Å². The highest BCUT2D eigenvalue weighted by molar-refractivity contribution is 5.83. The van der Waals surface area contributed by atoms with Crippen LogP contribution in [0.25, 0.3) is 22.6 Å². The first kappa shape index (κ1) is 23.9. The van der Waals surface area contributed by atoms with Crippen LogP contribution >= 0.6 is 0 Å². The van der Waals surface area contributed by atoms with Gasteiger partial charge in [-0.2, -0.15) is 0 Å². The number of rotatable bonds is 5. The second-order valence-electron chi connectivity index (χ2n) is 8.15. The lowest BCUT2D eigenvalue weighted by atomic mass is 9.95.